The first kappa shape index (κ1) is 15.6. The molecule has 0 bridgehead atoms. The highest BCUT2D eigenvalue weighted by atomic mass is 32.2. The second-order valence-corrected chi connectivity index (χ2v) is 6.47. The quantitative estimate of drug-likeness (QED) is 0.825. The third-order valence-corrected chi connectivity index (χ3v) is 4.14. The summed E-state index contributed by atoms with van der Waals surface area (Å²) in [4.78, 5) is 0.0822. The molecular weight excluding hydrogens is 264 g/mol. The number of hydrogen-bond acceptors (Lipinski definition) is 4. The minimum absolute atomic E-state index is 0.0385. The number of aliphatic hydroxyl groups is 1. The van der Waals surface area contributed by atoms with E-state index in [1.165, 1.54) is 24.3 Å². The summed E-state index contributed by atoms with van der Waals surface area (Å²) in [5.74, 6) is 0. The van der Waals surface area contributed by atoms with Gasteiger partial charge in [0.25, 0.3) is 0 Å². The summed E-state index contributed by atoms with van der Waals surface area (Å²) in [7, 11) is -3.66. The van der Waals surface area contributed by atoms with Gasteiger partial charge in [-0.25, -0.2) is 13.1 Å². The number of benzene rings is 1. The van der Waals surface area contributed by atoms with Crippen molar-refractivity contribution >= 4 is 10.0 Å². The van der Waals surface area contributed by atoms with Gasteiger partial charge in [0.15, 0.2) is 0 Å². The first-order valence-corrected chi connectivity index (χ1v) is 7.51. The molecule has 6 heteroatoms. The predicted molar refractivity (Wildman–Crippen MR) is 71.9 cm³/mol. The SMILES string of the molecule is CCCC(C)(O)CNS(=O)(=O)c1ccc(C#N)cc1. The van der Waals surface area contributed by atoms with Crippen molar-refractivity contribution in [3.8, 4) is 6.07 Å². The number of hydrogen-bond donors (Lipinski definition) is 2. The van der Waals surface area contributed by atoms with Gasteiger partial charge < -0.3 is 5.11 Å². The lowest BCUT2D eigenvalue weighted by Gasteiger charge is -2.22. The Balaban J connectivity index is 2.79. The monoisotopic (exact) mass is 282 g/mol. The zero-order valence-electron chi connectivity index (χ0n) is 11.0. The van der Waals surface area contributed by atoms with Crippen LogP contribution in [0, 0.1) is 11.3 Å². The van der Waals surface area contributed by atoms with Gasteiger partial charge in [-0.15, -0.1) is 0 Å². The molecule has 19 heavy (non-hydrogen) atoms. The van der Waals surface area contributed by atoms with Crippen LogP contribution in [0.5, 0.6) is 0 Å². The largest absolute Gasteiger partial charge is 0.389 e. The Hall–Kier alpha value is -1.42. The number of nitrogens with zero attached hydrogens (tertiary/aromatic N) is 1. The number of nitrogens with one attached hydrogen (secondary N) is 1. The molecule has 0 aliphatic carbocycles. The van der Waals surface area contributed by atoms with Crippen molar-refractivity contribution in [1.29, 1.82) is 5.26 Å². The van der Waals surface area contributed by atoms with Crippen LogP contribution in [0.25, 0.3) is 0 Å². The van der Waals surface area contributed by atoms with E-state index >= 15 is 0 Å². The highest BCUT2D eigenvalue weighted by Crippen LogP contribution is 2.14. The first-order valence-electron chi connectivity index (χ1n) is 6.03. The fourth-order valence-electron chi connectivity index (χ4n) is 1.67. The van der Waals surface area contributed by atoms with Gasteiger partial charge in [-0.1, -0.05) is 13.3 Å². The molecule has 1 unspecified atom stereocenters. The van der Waals surface area contributed by atoms with Crippen LogP contribution < -0.4 is 4.72 Å². The van der Waals surface area contributed by atoms with Crippen molar-refractivity contribution in [2.75, 3.05) is 6.54 Å². The summed E-state index contributed by atoms with van der Waals surface area (Å²) in [6, 6.07) is 7.55. The standard InChI is InChI=1S/C13H18N2O3S/c1-3-8-13(2,16)10-15-19(17,18)12-6-4-11(9-14)5-7-12/h4-7,15-16H,3,8,10H2,1-2H3. The highest BCUT2D eigenvalue weighted by Gasteiger charge is 2.23. The Labute approximate surface area is 113 Å². The van der Waals surface area contributed by atoms with Crippen LogP contribution in [-0.2, 0) is 10.0 Å². The lowest BCUT2D eigenvalue weighted by Crippen LogP contribution is -2.40. The fourth-order valence-corrected chi connectivity index (χ4v) is 2.83. The third kappa shape index (κ3) is 4.63. The van der Waals surface area contributed by atoms with E-state index in [1.807, 2.05) is 13.0 Å². The van der Waals surface area contributed by atoms with Gasteiger partial charge in [0.2, 0.25) is 10.0 Å². The van der Waals surface area contributed by atoms with Crippen molar-refractivity contribution in [2.24, 2.45) is 0 Å². The van der Waals surface area contributed by atoms with Crippen LogP contribution in [0.2, 0.25) is 0 Å². The predicted octanol–water partition coefficient (Wildman–Crippen LogP) is 1.39. The average molecular weight is 282 g/mol. The Morgan fingerprint density at radius 2 is 1.95 bits per heavy atom. The molecule has 0 saturated heterocycles. The zero-order valence-corrected chi connectivity index (χ0v) is 11.9. The molecule has 1 atom stereocenters. The van der Waals surface area contributed by atoms with Crippen molar-refractivity contribution < 1.29 is 13.5 Å². The normalized spacial score (nSPS) is 14.6. The summed E-state index contributed by atoms with van der Waals surface area (Å²) in [6.45, 7) is 3.48. The number of nitriles is 1. The summed E-state index contributed by atoms with van der Waals surface area (Å²) < 4.78 is 26.3. The minimum Gasteiger partial charge on any atom is -0.389 e. The molecule has 0 aliphatic heterocycles. The Morgan fingerprint density at radius 3 is 2.42 bits per heavy atom. The lowest BCUT2D eigenvalue weighted by molar-refractivity contribution is 0.0554. The molecule has 2 N–H and O–H groups in total. The van der Waals surface area contributed by atoms with Gasteiger partial charge >= 0.3 is 0 Å². The maximum Gasteiger partial charge on any atom is 0.240 e. The van der Waals surface area contributed by atoms with Crippen LogP contribution >= 0.6 is 0 Å². The van der Waals surface area contributed by atoms with Gasteiger partial charge in [-0.3, -0.25) is 0 Å². The Kier molecular flexibility index (Phi) is 5.06. The summed E-state index contributed by atoms with van der Waals surface area (Å²) >= 11 is 0. The molecule has 1 aromatic carbocycles. The van der Waals surface area contributed by atoms with E-state index in [-0.39, 0.29) is 11.4 Å². The molecule has 0 spiro atoms. The Bertz CT molecular complexity index is 557. The van der Waals surface area contributed by atoms with Gasteiger partial charge in [0.05, 0.1) is 22.1 Å². The summed E-state index contributed by atoms with van der Waals surface area (Å²) in [6.07, 6.45) is 1.29. The molecule has 1 rings (SSSR count). The van der Waals surface area contributed by atoms with E-state index in [0.29, 0.717) is 12.0 Å². The molecule has 0 aromatic heterocycles. The zero-order chi connectivity index (χ0) is 14.5. The molecule has 0 radical (unpaired) electrons. The van der Waals surface area contributed by atoms with E-state index in [1.54, 1.807) is 6.92 Å². The molecule has 0 fully saturated rings. The number of sulfonamides is 1. The van der Waals surface area contributed by atoms with Gasteiger partial charge in [0, 0.05) is 6.54 Å². The molecule has 0 aliphatic rings. The second kappa shape index (κ2) is 6.15. The van der Waals surface area contributed by atoms with E-state index in [2.05, 4.69) is 4.72 Å². The molecule has 5 nitrogen and oxygen atoms in total. The van der Waals surface area contributed by atoms with Crippen LogP contribution in [0.4, 0.5) is 0 Å². The molecule has 1 aromatic rings. The second-order valence-electron chi connectivity index (χ2n) is 4.71. The Morgan fingerprint density at radius 1 is 1.37 bits per heavy atom. The van der Waals surface area contributed by atoms with Crippen LogP contribution in [0.3, 0.4) is 0 Å². The van der Waals surface area contributed by atoms with E-state index < -0.39 is 15.6 Å². The topological polar surface area (TPSA) is 90.2 Å². The van der Waals surface area contributed by atoms with E-state index in [9.17, 15) is 13.5 Å². The maximum absolute atomic E-state index is 12.0. The van der Waals surface area contributed by atoms with Gasteiger partial charge in [-0.05, 0) is 37.6 Å². The van der Waals surface area contributed by atoms with Crippen molar-refractivity contribution in [1.82, 2.24) is 4.72 Å². The highest BCUT2D eigenvalue weighted by molar-refractivity contribution is 7.89. The van der Waals surface area contributed by atoms with Crippen molar-refractivity contribution in [3.63, 3.8) is 0 Å². The van der Waals surface area contributed by atoms with Gasteiger partial charge in [0.1, 0.15) is 0 Å². The molecule has 0 amide bonds. The lowest BCUT2D eigenvalue weighted by atomic mass is 10.0. The van der Waals surface area contributed by atoms with Crippen LogP contribution in [0.15, 0.2) is 29.2 Å². The maximum atomic E-state index is 12.0. The average Bonchev–Trinajstić information content (AvgIpc) is 2.37. The van der Waals surface area contributed by atoms with Crippen LogP contribution in [0.1, 0.15) is 32.3 Å². The van der Waals surface area contributed by atoms with Crippen LogP contribution in [-0.4, -0.2) is 25.7 Å². The van der Waals surface area contributed by atoms with Crippen molar-refractivity contribution in [2.45, 2.75) is 37.2 Å². The number of rotatable bonds is 6. The molecule has 104 valence electrons. The molecule has 0 heterocycles. The summed E-state index contributed by atoms with van der Waals surface area (Å²) in [5.41, 5.74) is -0.661. The summed E-state index contributed by atoms with van der Waals surface area (Å²) in [5, 5.41) is 18.6. The van der Waals surface area contributed by atoms with Crippen molar-refractivity contribution in [3.05, 3.63) is 29.8 Å². The van der Waals surface area contributed by atoms with E-state index in [0.717, 1.165) is 6.42 Å². The third-order valence-electron chi connectivity index (χ3n) is 2.73. The first-order chi connectivity index (χ1) is 8.80. The molecule has 0 saturated carbocycles. The smallest absolute Gasteiger partial charge is 0.240 e. The van der Waals surface area contributed by atoms with E-state index in [4.69, 9.17) is 5.26 Å². The molecular formula is C13H18N2O3S. The fraction of sp³-hybridized carbons (Fsp3) is 0.462. The minimum atomic E-state index is -3.66. The van der Waals surface area contributed by atoms with Gasteiger partial charge in [-0.2, -0.15) is 5.26 Å².